The van der Waals surface area contributed by atoms with Crippen molar-refractivity contribution in [1.29, 1.82) is 0 Å². The zero-order chi connectivity index (χ0) is 20.3. The standard InChI is InChI=1S/C20H24N4O4S/c25-20(23-10-8-22(9-11-23)19-6-1-2-7-21-19)17-4-3-5-18(16-17)29(26,27)24-12-14-28-15-13-24/h1-7,16H,8-15H2. The molecule has 0 radical (unpaired) electrons. The maximum atomic E-state index is 13.0. The summed E-state index contributed by atoms with van der Waals surface area (Å²) >= 11 is 0. The molecule has 1 aromatic heterocycles. The number of rotatable bonds is 4. The molecule has 2 saturated heterocycles. The van der Waals surface area contributed by atoms with E-state index in [9.17, 15) is 13.2 Å². The third kappa shape index (κ3) is 4.26. The average molecular weight is 417 g/mol. The molecular formula is C20H24N4O4S. The summed E-state index contributed by atoms with van der Waals surface area (Å²) in [5.74, 6) is 0.753. The van der Waals surface area contributed by atoms with E-state index >= 15 is 0 Å². The third-order valence-electron chi connectivity index (χ3n) is 5.23. The number of carbonyl (C=O) groups excluding carboxylic acids is 1. The number of carbonyl (C=O) groups is 1. The van der Waals surface area contributed by atoms with Crippen molar-refractivity contribution in [2.24, 2.45) is 0 Å². The summed E-state index contributed by atoms with van der Waals surface area (Å²) < 4.78 is 32.4. The monoisotopic (exact) mass is 416 g/mol. The first kappa shape index (κ1) is 19.8. The molecule has 2 aliphatic rings. The number of piperazine rings is 1. The number of aromatic nitrogens is 1. The lowest BCUT2D eigenvalue weighted by Gasteiger charge is -2.35. The van der Waals surface area contributed by atoms with Crippen molar-refractivity contribution in [3.05, 3.63) is 54.2 Å². The van der Waals surface area contributed by atoms with E-state index in [1.807, 2.05) is 18.2 Å². The summed E-state index contributed by atoms with van der Waals surface area (Å²) in [6.45, 7) is 3.94. The van der Waals surface area contributed by atoms with Crippen molar-refractivity contribution in [3.8, 4) is 0 Å². The Labute approximate surface area is 170 Å². The molecule has 1 aromatic carbocycles. The van der Waals surface area contributed by atoms with E-state index in [1.165, 1.54) is 10.4 Å². The molecule has 1 amide bonds. The van der Waals surface area contributed by atoms with Gasteiger partial charge in [0.05, 0.1) is 18.1 Å². The first-order chi connectivity index (χ1) is 14.1. The van der Waals surface area contributed by atoms with Crippen LogP contribution in [0.4, 0.5) is 5.82 Å². The van der Waals surface area contributed by atoms with Gasteiger partial charge in [0.25, 0.3) is 5.91 Å². The summed E-state index contributed by atoms with van der Waals surface area (Å²) in [4.78, 5) is 21.4. The van der Waals surface area contributed by atoms with Crippen molar-refractivity contribution in [2.45, 2.75) is 4.90 Å². The molecule has 0 N–H and O–H groups in total. The number of anilines is 1. The molecule has 29 heavy (non-hydrogen) atoms. The second-order valence-electron chi connectivity index (χ2n) is 7.01. The zero-order valence-electron chi connectivity index (χ0n) is 16.1. The van der Waals surface area contributed by atoms with Gasteiger partial charge in [-0.05, 0) is 30.3 Å². The van der Waals surface area contributed by atoms with Crippen molar-refractivity contribution in [2.75, 3.05) is 57.4 Å². The third-order valence-corrected chi connectivity index (χ3v) is 7.12. The van der Waals surface area contributed by atoms with Gasteiger partial charge in [0.2, 0.25) is 10.0 Å². The smallest absolute Gasteiger partial charge is 0.254 e. The summed E-state index contributed by atoms with van der Waals surface area (Å²) in [5, 5.41) is 0. The fraction of sp³-hybridized carbons (Fsp3) is 0.400. The van der Waals surface area contributed by atoms with Gasteiger partial charge in [0.1, 0.15) is 5.82 Å². The number of hydrogen-bond donors (Lipinski definition) is 0. The van der Waals surface area contributed by atoms with Crippen LogP contribution in [0, 0.1) is 0 Å². The fourth-order valence-corrected chi connectivity index (χ4v) is 5.04. The Morgan fingerprint density at radius 1 is 0.931 bits per heavy atom. The highest BCUT2D eigenvalue weighted by molar-refractivity contribution is 7.89. The van der Waals surface area contributed by atoms with Crippen LogP contribution in [0.2, 0.25) is 0 Å². The first-order valence-electron chi connectivity index (χ1n) is 9.69. The van der Waals surface area contributed by atoms with Crippen LogP contribution in [-0.4, -0.2) is 81.0 Å². The second kappa shape index (κ2) is 8.48. The Bertz CT molecular complexity index is 953. The van der Waals surface area contributed by atoms with Crippen LogP contribution >= 0.6 is 0 Å². The lowest BCUT2D eigenvalue weighted by Crippen LogP contribution is -2.49. The highest BCUT2D eigenvalue weighted by Gasteiger charge is 2.28. The van der Waals surface area contributed by atoms with Crippen LogP contribution in [-0.2, 0) is 14.8 Å². The molecule has 0 aliphatic carbocycles. The van der Waals surface area contributed by atoms with Crippen molar-refractivity contribution in [3.63, 3.8) is 0 Å². The number of ether oxygens (including phenoxy) is 1. The number of morpholine rings is 1. The lowest BCUT2D eigenvalue weighted by atomic mass is 10.2. The summed E-state index contributed by atoms with van der Waals surface area (Å²) in [6, 6.07) is 12.1. The van der Waals surface area contributed by atoms with Crippen LogP contribution in [0.25, 0.3) is 0 Å². The van der Waals surface area contributed by atoms with E-state index in [0.717, 1.165) is 5.82 Å². The minimum Gasteiger partial charge on any atom is -0.379 e. The van der Waals surface area contributed by atoms with Crippen molar-refractivity contribution in [1.82, 2.24) is 14.2 Å². The molecule has 0 bridgehead atoms. The summed E-state index contributed by atoms with van der Waals surface area (Å²) in [7, 11) is -3.63. The lowest BCUT2D eigenvalue weighted by molar-refractivity contribution is 0.0729. The van der Waals surface area contributed by atoms with Gasteiger partial charge in [0.15, 0.2) is 0 Å². The molecule has 2 fully saturated rings. The number of benzene rings is 1. The van der Waals surface area contributed by atoms with Gasteiger partial charge in [-0.1, -0.05) is 12.1 Å². The molecule has 154 valence electrons. The van der Waals surface area contributed by atoms with Crippen LogP contribution in [0.5, 0.6) is 0 Å². The molecule has 4 rings (SSSR count). The highest BCUT2D eigenvalue weighted by atomic mass is 32.2. The molecule has 2 aromatic rings. The van der Waals surface area contributed by atoms with E-state index in [1.54, 1.807) is 29.3 Å². The van der Waals surface area contributed by atoms with E-state index < -0.39 is 10.0 Å². The Kier molecular flexibility index (Phi) is 5.79. The van der Waals surface area contributed by atoms with Crippen molar-refractivity contribution >= 4 is 21.7 Å². The van der Waals surface area contributed by atoms with Crippen LogP contribution in [0.3, 0.4) is 0 Å². The van der Waals surface area contributed by atoms with Gasteiger partial charge in [-0.2, -0.15) is 4.31 Å². The predicted octanol–water partition coefficient (Wildman–Crippen LogP) is 1.06. The van der Waals surface area contributed by atoms with E-state index in [2.05, 4.69) is 9.88 Å². The molecule has 3 heterocycles. The van der Waals surface area contributed by atoms with Gasteiger partial charge in [-0.25, -0.2) is 13.4 Å². The quantitative estimate of drug-likeness (QED) is 0.741. The van der Waals surface area contributed by atoms with Gasteiger partial charge < -0.3 is 14.5 Å². The minimum absolute atomic E-state index is 0.148. The van der Waals surface area contributed by atoms with Crippen LogP contribution in [0.1, 0.15) is 10.4 Å². The second-order valence-corrected chi connectivity index (χ2v) is 8.95. The molecule has 8 nitrogen and oxygen atoms in total. The summed E-state index contributed by atoms with van der Waals surface area (Å²) in [6.07, 6.45) is 1.76. The Morgan fingerprint density at radius 3 is 2.38 bits per heavy atom. The number of nitrogens with zero attached hydrogens (tertiary/aromatic N) is 4. The highest BCUT2D eigenvalue weighted by Crippen LogP contribution is 2.20. The van der Waals surface area contributed by atoms with E-state index in [-0.39, 0.29) is 10.8 Å². The maximum absolute atomic E-state index is 13.0. The largest absolute Gasteiger partial charge is 0.379 e. The molecular weight excluding hydrogens is 392 g/mol. The number of pyridine rings is 1. The number of hydrogen-bond acceptors (Lipinski definition) is 6. The number of amides is 1. The Balaban J connectivity index is 1.45. The molecule has 0 atom stereocenters. The van der Waals surface area contributed by atoms with Gasteiger partial charge in [0, 0.05) is 51.0 Å². The first-order valence-corrected chi connectivity index (χ1v) is 11.1. The normalized spacial score (nSPS) is 18.6. The van der Waals surface area contributed by atoms with E-state index in [0.29, 0.717) is 58.0 Å². The average Bonchev–Trinajstić information content (AvgIpc) is 2.80. The van der Waals surface area contributed by atoms with E-state index in [4.69, 9.17) is 4.74 Å². The molecule has 0 unspecified atom stereocenters. The zero-order valence-corrected chi connectivity index (χ0v) is 16.9. The Morgan fingerprint density at radius 2 is 1.69 bits per heavy atom. The molecule has 9 heteroatoms. The van der Waals surface area contributed by atoms with Gasteiger partial charge in [-0.15, -0.1) is 0 Å². The summed E-state index contributed by atoms with van der Waals surface area (Å²) in [5.41, 5.74) is 0.394. The SMILES string of the molecule is O=C(c1cccc(S(=O)(=O)N2CCOCC2)c1)N1CCN(c2ccccn2)CC1. The topological polar surface area (TPSA) is 83.0 Å². The molecule has 0 saturated carbocycles. The van der Waals surface area contributed by atoms with Crippen molar-refractivity contribution < 1.29 is 17.9 Å². The maximum Gasteiger partial charge on any atom is 0.254 e. The van der Waals surface area contributed by atoms with Gasteiger partial charge >= 0.3 is 0 Å². The predicted molar refractivity (Wildman–Crippen MR) is 108 cm³/mol. The molecule has 0 spiro atoms. The Hall–Kier alpha value is -2.49. The minimum atomic E-state index is -3.63. The number of sulfonamides is 1. The molecule has 2 aliphatic heterocycles. The van der Waals surface area contributed by atoms with Crippen LogP contribution in [0.15, 0.2) is 53.6 Å². The van der Waals surface area contributed by atoms with Crippen LogP contribution < -0.4 is 4.90 Å². The fourth-order valence-electron chi connectivity index (χ4n) is 3.59. The van der Waals surface area contributed by atoms with Gasteiger partial charge in [-0.3, -0.25) is 4.79 Å².